The average Bonchev–Trinajstić information content (AvgIpc) is 2.63. The van der Waals surface area contributed by atoms with E-state index in [1.807, 2.05) is 6.92 Å². The molecule has 1 aliphatic rings. The van der Waals surface area contributed by atoms with Crippen molar-refractivity contribution in [2.24, 2.45) is 11.8 Å². The third-order valence-electron chi connectivity index (χ3n) is 3.16. The Bertz CT molecular complexity index is 204. The number of alkyl carbamates (subject to hydrolysis) is 1. The number of rotatable bonds is 4. The first-order chi connectivity index (χ1) is 7.13. The van der Waals surface area contributed by atoms with E-state index in [-0.39, 0.29) is 12.2 Å². The number of carbonyl (C=O) groups is 1. The molecule has 0 aromatic heterocycles. The highest BCUT2D eigenvalue weighted by Gasteiger charge is 2.29. The van der Waals surface area contributed by atoms with Gasteiger partial charge in [0.05, 0.1) is 0 Å². The number of ether oxygens (including phenoxy) is 1. The second-order valence-corrected chi connectivity index (χ2v) is 4.77. The van der Waals surface area contributed by atoms with E-state index in [4.69, 9.17) is 4.74 Å². The molecule has 0 aromatic rings. The predicted octanol–water partition coefficient (Wildman–Crippen LogP) is 2.95. The van der Waals surface area contributed by atoms with Crippen molar-refractivity contribution in [1.82, 2.24) is 5.32 Å². The fourth-order valence-corrected chi connectivity index (χ4v) is 2.11. The fraction of sp³-hybridized carbons (Fsp3) is 0.917. The monoisotopic (exact) mass is 213 g/mol. The van der Waals surface area contributed by atoms with Crippen LogP contribution in [0.2, 0.25) is 0 Å². The topological polar surface area (TPSA) is 38.3 Å². The Morgan fingerprint density at radius 2 is 2.20 bits per heavy atom. The van der Waals surface area contributed by atoms with Crippen LogP contribution in [0.4, 0.5) is 4.79 Å². The molecule has 3 heteroatoms. The zero-order valence-electron chi connectivity index (χ0n) is 10.1. The molecule has 1 saturated carbocycles. The van der Waals surface area contributed by atoms with Crippen LogP contribution < -0.4 is 5.32 Å². The maximum atomic E-state index is 11.3. The molecule has 0 saturated heterocycles. The van der Waals surface area contributed by atoms with E-state index < -0.39 is 0 Å². The van der Waals surface area contributed by atoms with Gasteiger partial charge < -0.3 is 10.1 Å². The van der Waals surface area contributed by atoms with Gasteiger partial charge in [-0.25, -0.2) is 4.79 Å². The lowest BCUT2D eigenvalue weighted by Crippen LogP contribution is -2.28. The zero-order chi connectivity index (χ0) is 11.3. The van der Waals surface area contributed by atoms with Crippen molar-refractivity contribution in [3.63, 3.8) is 0 Å². The van der Waals surface area contributed by atoms with Crippen LogP contribution in [0.1, 0.15) is 46.5 Å². The lowest BCUT2D eigenvalue weighted by molar-refractivity contribution is 0.0973. The molecule has 1 fully saturated rings. The average molecular weight is 213 g/mol. The molecule has 0 heterocycles. The van der Waals surface area contributed by atoms with Gasteiger partial charge >= 0.3 is 6.09 Å². The van der Waals surface area contributed by atoms with Gasteiger partial charge in [-0.15, -0.1) is 0 Å². The van der Waals surface area contributed by atoms with E-state index in [9.17, 15) is 4.79 Å². The van der Waals surface area contributed by atoms with Crippen molar-refractivity contribution in [2.75, 3.05) is 6.54 Å². The summed E-state index contributed by atoms with van der Waals surface area (Å²) in [6.07, 6.45) is 4.12. The number of carbonyl (C=O) groups excluding carboxylic acids is 1. The summed E-state index contributed by atoms with van der Waals surface area (Å²) >= 11 is 0. The number of hydrogen-bond donors (Lipinski definition) is 1. The molecule has 0 radical (unpaired) electrons. The van der Waals surface area contributed by atoms with E-state index in [0.717, 1.165) is 25.2 Å². The molecule has 88 valence electrons. The quantitative estimate of drug-likeness (QED) is 0.779. The third kappa shape index (κ3) is 4.10. The molecule has 1 rings (SSSR count). The number of hydrogen-bond acceptors (Lipinski definition) is 2. The third-order valence-corrected chi connectivity index (χ3v) is 3.16. The van der Waals surface area contributed by atoms with Gasteiger partial charge in [0.25, 0.3) is 0 Å². The minimum atomic E-state index is -0.244. The predicted molar refractivity (Wildman–Crippen MR) is 60.7 cm³/mol. The van der Waals surface area contributed by atoms with Crippen LogP contribution in [0.3, 0.4) is 0 Å². The van der Waals surface area contributed by atoms with Crippen molar-refractivity contribution in [1.29, 1.82) is 0 Å². The summed E-state index contributed by atoms with van der Waals surface area (Å²) in [4.78, 5) is 11.3. The lowest BCUT2D eigenvalue weighted by Gasteiger charge is -2.15. The minimum absolute atomic E-state index is 0.147. The van der Waals surface area contributed by atoms with Crippen molar-refractivity contribution >= 4 is 6.09 Å². The van der Waals surface area contributed by atoms with Crippen molar-refractivity contribution in [2.45, 2.75) is 52.6 Å². The molecular weight excluding hydrogens is 190 g/mol. The van der Waals surface area contributed by atoms with Crippen LogP contribution in [-0.4, -0.2) is 18.7 Å². The van der Waals surface area contributed by atoms with E-state index >= 15 is 0 Å². The fourth-order valence-electron chi connectivity index (χ4n) is 2.11. The van der Waals surface area contributed by atoms with Crippen molar-refractivity contribution < 1.29 is 9.53 Å². The summed E-state index contributed by atoms with van der Waals surface area (Å²) in [5.41, 5.74) is 0. The van der Waals surface area contributed by atoms with E-state index in [0.29, 0.717) is 12.5 Å². The van der Waals surface area contributed by atoms with Gasteiger partial charge in [0, 0.05) is 6.54 Å². The molecule has 0 aromatic carbocycles. The van der Waals surface area contributed by atoms with Gasteiger partial charge in [0.15, 0.2) is 0 Å². The summed E-state index contributed by atoms with van der Waals surface area (Å²) < 4.78 is 5.34. The van der Waals surface area contributed by atoms with Crippen LogP contribution in [0.25, 0.3) is 0 Å². The molecule has 1 amide bonds. The standard InChI is InChI=1S/C12H23NO2/c1-4-7-13-12(14)15-11-6-5-10(8-11)9(2)3/h9-11H,4-8H2,1-3H3,(H,13,14)/t10-,11-/m0/s1. The Balaban J connectivity index is 2.20. The van der Waals surface area contributed by atoms with E-state index in [1.54, 1.807) is 0 Å². The van der Waals surface area contributed by atoms with Crippen LogP contribution in [0, 0.1) is 11.8 Å². The smallest absolute Gasteiger partial charge is 0.407 e. The van der Waals surface area contributed by atoms with Crippen LogP contribution in [-0.2, 0) is 4.74 Å². The van der Waals surface area contributed by atoms with Gasteiger partial charge in [0.2, 0.25) is 0 Å². The Morgan fingerprint density at radius 1 is 1.47 bits per heavy atom. The van der Waals surface area contributed by atoms with Crippen LogP contribution >= 0.6 is 0 Å². The summed E-state index contributed by atoms with van der Waals surface area (Å²) in [5.74, 6) is 1.44. The first kappa shape index (κ1) is 12.3. The van der Waals surface area contributed by atoms with Crippen LogP contribution in [0.15, 0.2) is 0 Å². The molecule has 1 N–H and O–H groups in total. The highest BCUT2D eigenvalue weighted by molar-refractivity contribution is 5.67. The molecule has 0 aliphatic heterocycles. The van der Waals surface area contributed by atoms with Gasteiger partial charge in [0.1, 0.15) is 6.10 Å². The molecule has 0 bridgehead atoms. The maximum Gasteiger partial charge on any atom is 0.407 e. The summed E-state index contributed by atoms with van der Waals surface area (Å²) in [6.45, 7) is 7.22. The Labute approximate surface area is 92.6 Å². The minimum Gasteiger partial charge on any atom is -0.446 e. The molecule has 0 unspecified atom stereocenters. The lowest BCUT2D eigenvalue weighted by atomic mass is 9.95. The van der Waals surface area contributed by atoms with Crippen molar-refractivity contribution in [3.05, 3.63) is 0 Å². The van der Waals surface area contributed by atoms with E-state index in [1.165, 1.54) is 6.42 Å². The second kappa shape index (κ2) is 5.99. The normalized spacial score (nSPS) is 25.6. The van der Waals surface area contributed by atoms with Gasteiger partial charge in [-0.2, -0.15) is 0 Å². The summed E-state index contributed by atoms with van der Waals surface area (Å²) in [7, 11) is 0. The Kier molecular flexibility index (Phi) is 4.92. The zero-order valence-corrected chi connectivity index (χ0v) is 10.1. The molecule has 2 atom stereocenters. The highest BCUT2D eigenvalue weighted by Crippen LogP contribution is 2.32. The molecule has 0 spiro atoms. The first-order valence-corrected chi connectivity index (χ1v) is 6.08. The number of nitrogens with one attached hydrogen (secondary N) is 1. The summed E-state index contributed by atoms with van der Waals surface area (Å²) in [5, 5.41) is 2.74. The van der Waals surface area contributed by atoms with Gasteiger partial charge in [-0.3, -0.25) is 0 Å². The molecular formula is C12H23NO2. The molecule has 3 nitrogen and oxygen atoms in total. The summed E-state index contributed by atoms with van der Waals surface area (Å²) in [6, 6.07) is 0. The van der Waals surface area contributed by atoms with Crippen LogP contribution in [0.5, 0.6) is 0 Å². The van der Waals surface area contributed by atoms with Crippen molar-refractivity contribution in [3.8, 4) is 0 Å². The maximum absolute atomic E-state index is 11.3. The Morgan fingerprint density at radius 3 is 2.73 bits per heavy atom. The first-order valence-electron chi connectivity index (χ1n) is 6.08. The number of amides is 1. The SMILES string of the molecule is CCCNC(=O)O[C@H]1CC[C@H](C(C)C)C1. The Hall–Kier alpha value is -0.730. The second-order valence-electron chi connectivity index (χ2n) is 4.77. The molecule has 15 heavy (non-hydrogen) atoms. The van der Waals surface area contributed by atoms with Gasteiger partial charge in [-0.1, -0.05) is 20.8 Å². The molecule has 1 aliphatic carbocycles. The van der Waals surface area contributed by atoms with E-state index in [2.05, 4.69) is 19.2 Å². The highest BCUT2D eigenvalue weighted by atomic mass is 16.6. The van der Waals surface area contributed by atoms with Gasteiger partial charge in [-0.05, 0) is 37.5 Å². The largest absolute Gasteiger partial charge is 0.446 e.